The van der Waals surface area contributed by atoms with Gasteiger partial charge in [0.25, 0.3) is 0 Å². The molecule has 2 aliphatic rings. The van der Waals surface area contributed by atoms with Crippen LogP contribution in [-0.4, -0.2) is 16.8 Å². The van der Waals surface area contributed by atoms with Crippen molar-refractivity contribution in [3.63, 3.8) is 0 Å². The molecule has 21 heavy (non-hydrogen) atoms. The maximum Gasteiger partial charge on any atom is 0.226 e. The molecule has 0 unspecified atom stereocenters. The lowest BCUT2D eigenvalue weighted by atomic mass is 9.90. The molecule has 2 aromatic carbocycles. The first-order chi connectivity index (χ1) is 10.3. The average Bonchev–Trinajstić information content (AvgIpc) is 3.09. The number of likely N-dealkylation sites (tertiary alicyclic amines) is 1. The topological polar surface area (TPSA) is 20.3 Å². The highest BCUT2D eigenvalue weighted by Crippen LogP contribution is 2.48. The van der Waals surface area contributed by atoms with Gasteiger partial charge in [-0.25, -0.2) is 0 Å². The number of hydrogen-bond acceptors (Lipinski definition) is 1. The van der Waals surface area contributed by atoms with Crippen molar-refractivity contribution in [2.75, 3.05) is 0 Å². The number of amides is 1. The first-order valence-electron chi connectivity index (χ1n) is 7.72. The largest absolute Gasteiger partial charge is 0.335 e. The molecule has 1 amide bonds. The summed E-state index contributed by atoms with van der Waals surface area (Å²) in [4.78, 5) is 14.6. The molecule has 0 aromatic heterocycles. The third kappa shape index (κ3) is 2.15. The second-order valence-corrected chi connectivity index (χ2v) is 6.20. The lowest BCUT2D eigenvalue weighted by Gasteiger charge is -2.33. The number of benzene rings is 2. The maximum absolute atomic E-state index is 12.5. The fourth-order valence-corrected chi connectivity index (χ4v) is 3.99. The van der Waals surface area contributed by atoms with Crippen molar-refractivity contribution in [1.82, 2.24) is 4.90 Å². The molecule has 0 spiro atoms. The zero-order valence-electron chi connectivity index (χ0n) is 12.0. The van der Waals surface area contributed by atoms with Crippen LogP contribution in [0.5, 0.6) is 0 Å². The Hall–Kier alpha value is -2.09. The second kappa shape index (κ2) is 5.03. The van der Waals surface area contributed by atoms with Gasteiger partial charge < -0.3 is 4.90 Å². The molecule has 0 radical (unpaired) electrons. The van der Waals surface area contributed by atoms with E-state index in [0.29, 0.717) is 17.9 Å². The van der Waals surface area contributed by atoms with E-state index < -0.39 is 0 Å². The summed E-state index contributed by atoms with van der Waals surface area (Å²) in [6, 6.07) is 21.4. The van der Waals surface area contributed by atoms with Gasteiger partial charge in [0.2, 0.25) is 5.91 Å². The van der Waals surface area contributed by atoms with Crippen molar-refractivity contribution < 1.29 is 4.79 Å². The Morgan fingerprint density at radius 1 is 0.905 bits per heavy atom. The highest BCUT2D eigenvalue weighted by Gasteiger charge is 2.50. The summed E-state index contributed by atoms with van der Waals surface area (Å²) >= 11 is 0. The van der Waals surface area contributed by atoms with Crippen LogP contribution < -0.4 is 0 Å². The number of hydrogen-bond donors (Lipinski definition) is 0. The highest BCUT2D eigenvalue weighted by molar-refractivity contribution is 5.83. The Balaban J connectivity index is 1.59. The summed E-state index contributed by atoms with van der Waals surface area (Å²) in [5, 5.41) is 0. The molecule has 4 rings (SSSR count). The van der Waals surface area contributed by atoms with Crippen LogP contribution in [0.1, 0.15) is 29.9 Å². The molecule has 2 bridgehead atoms. The van der Waals surface area contributed by atoms with E-state index in [9.17, 15) is 4.79 Å². The molecule has 1 aliphatic carbocycles. The summed E-state index contributed by atoms with van der Waals surface area (Å²) in [5.74, 6) is 1.11. The van der Waals surface area contributed by atoms with Gasteiger partial charge in [0.1, 0.15) is 0 Å². The highest BCUT2D eigenvalue weighted by atomic mass is 16.2. The van der Waals surface area contributed by atoms with E-state index in [1.165, 1.54) is 11.1 Å². The van der Waals surface area contributed by atoms with Crippen molar-refractivity contribution in [1.29, 1.82) is 0 Å². The molecule has 1 aliphatic heterocycles. The van der Waals surface area contributed by atoms with Gasteiger partial charge in [0.05, 0.1) is 0 Å². The van der Waals surface area contributed by atoms with E-state index in [2.05, 4.69) is 47.4 Å². The zero-order valence-corrected chi connectivity index (χ0v) is 12.0. The van der Waals surface area contributed by atoms with Crippen molar-refractivity contribution >= 4 is 5.91 Å². The Morgan fingerprint density at radius 2 is 1.57 bits per heavy atom. The molecule has 2 heteroatoms. The summed E-state index contributed by atoms with van der Waals surface area (Å²) in [6.07, 6.45) is 2.06. The van der Waals surface area contributed by atoms with E-state index in [1.807, 2.05) is 18.2 Å². The molecular weight excluding hydrogens is 258 g/mol. The predicted octanol–water partition coefficient (Wildman–Crippen LogP) is 3.59. The summed E-state index contributed by atoms with van der Waals surface area (Å²) in [5.41, 5.74) is 2.61. The molecule has 106 valence electrons. The number of nitrogens with zero attached hydrogens (tertiary/aromatic N) is 1. The Morgan fingerprint density at radius 3 is 2.24 bits per heavy atom. The van der Waals surface area contributed by atoms with Crippen LogP contribution in [0.2, 0.25) is 0 Å². The SMILES string of the molecule is O=C1[C@H]2C[C@H]([C@H](c3ccccc3)C2)N1Cc1ccccc1. The average molecular weight is 277 g/mol. The molecule has 1 saturated heterocycles. The Kier molecular flexibility index (Phi) is 3.03. The number of fused-ring (bicyclic) bond motifs is 2. The number of carbonyl (C=O) groups is 1. The second-order valence-electron chi connectivity index (χ2n) is 6.20. The van der Waals surface area contributed by atoms with Gasteiger partial charge in [-0.05, 0) is 24.0 Å². The fourth-order valence-electron chi connectivity index (χ4n) is 3.99. The molecular formula is C19H19NO. The Bertz CT molecular complexity index is 637. The number of piperidine rings is 1. The first kappa shape index (κ1) is 12.6. The van der Waals surface area contributed by atoms with Crippen molar-refractivity contribution in [2.24, 2.45) is 5.92 Å². The first-order valence-corrected chi connectivity index (χ1v) is 7.72. The van der Waals surface area contributed by atoms with Gasteiger partial charge in [-0.3, -0.25) is 4.79 Å². The predicted molar refractivity (Wildman–Crippen MR) is 82.7 cm³/mol. The molecule has 2 aromatic rings. The summed E-state index contributed by atoms with van der Waals surface area (Å²) in [6.45, 7) is 0.754. The summed E-state index contributed by atoms with van der Waals surface area (Å²) < 4.78 is 0. The smallest absolute Gasteiger partial charge is 0.226 e. The van der Waals surface area contributed by atoms with E-state index in [4.69, 9.17) is 0 Å². The minimum atomic E-state index is 0.240. The number of carbonyl (C=O) groups excluding carboxylic acids is 1. The molecule has 0 N–H and O–H groups in total. The zero-order chi connectivity index (χ0) is 14.2. The quantitative estimate of drug-likeness (QED) is 0.839. The molecule has 2 fully saturated rings. The third-order valence-corrected chi connectivity index (χ3v) is 4.99. The van der Waals surface area contributed by atoms with Crippen LogP contribution in [0, 0.1) is 5.92 Å². The van der Waals surface area contributed by atoms with Gasteiger partial charge in [-0.1, -0.05) is 60.7 Å². The molecule has 2 nitrogen and oxygen atoms in total. The lowest BCUT2D eigenvalue weighted by Crippen LogP contribution is -2.40. The molecule has 1 saturated carbocycles. The van der Waals surface area contributed by atoms with Gasteiger partial charge in [0, 0.05) is 24.4 Å². The standard InChI is InChI=1S/C19H19NO/c21-19-16-11-17(15-9-5-2-6-10-15)18(12-16)20(19)13-14-7-3-1-4-8-14/h1-10,16-18H,11-13H2/t16-,17+,18-/m1/s1. The van der Waals surface area contributed by atoms with Gasteiger partial charge in [-0.2, -0.15) is 0 Å². The fraction of sp³-hybridized carbons (Fsp3) is 0.316. The van der Waals surface area contributed by atoms with Crippen LogP contribution in [0.15, 0.2) is 60.7 Å². The normalized spacial score (nSPS) is 27.3. The van der Waals surface area contributed by atoms with Crippen LogP contribution in [0.4, 0.5) is 0 Å². The lowest BCUT2D eigenvalue weighted by molar-refractivity contribution is -0.135. The van der Waals surface area contributed by atoms with Crippen molar-refractivity contribution in [2.45, 2.75) is 31.3 Å². The van der Waals surface area contributed by atoms with E-state index in [1.54, 1.807) is 0 Å². The Labute approximate surface area is 125 Å². The van der Waals surface area contributed by atoms with Crippen molar-refractivity contribution in [3.05, 3.63) is 71.8 Å². The van der Waals surface area contributed by atoms with Gasteiger partial charge >= 0.3 is 0 Å². The van der Waals surface area contributed by atoms with Crippen LogP contribution in [-0.2, 0) is 11.3 Å². The van der Waals surface area contributed by atoms with Crippen LogP contribution in [0.3, 0.4) is 0 Å². The van der Waals surface area contributed by atoms with Crippen LogP contribution >= 0.6 is 0 Å². The monoisotopic (exact) mass is 277 g/mol. The maximum atomic E-state index is 12.5. The van der Waals surface area contributed by atoms with E-state index >= 15 is 0 Å². The number of rotatable bonds is 3. The van der Waals surface area contributed by atoms with Gasteiger partial charge in [0.15, 0.2) is 0 Å². The third-order valence-electron chi connectivity index (χ3n) is 4.99. The van der Waals surface area contributed by atoms with Gasteiger partial charge in [-0.15, -0.1) is 0 Å². The minimum absolute atomic E-state index is 0.240. The molecule has 1 heterocycles. The van der Waals surface area contributed by atoms with E-state index in [0.717, 1.165) is 19.4 Å². The van der Waals surface area contributed by atoms with Crippen LogP contribution in [0.25, 0.3) is 0 Å². The van der Waals surface area contributed by atoms with Crippen molar-refractivity contribution in [3.8, 4) is 0 Å². The summed E-state index contributed by atoms with van der Waals surface area (Å²) in [7, 11) is 0. The van der Waals surface area contributed by atoms with E-state index in [-0.39, 0.29) is 5.92 Å². The molecule has 3 atom stereocenters. The minimum Gasteiger partial charge on any atom is -0.335 e.